The van der Waals surface area contributed by atoms with E-state index in [0.29, 0.717) is 0 Å². The molecule has 0 spiro atoms. The molecule has 1 heterocycles. The molecule has 0 aliphatic carbocycles. The zero-order chi connectivity index (χ0) is 9.90. The molecule has 0 amide bonds. The summed E-state index contributed by atoms with van der Waals surface area (Å²) in [6, 6.07) is 0. The molecule has 0 aliphatic heterocycles. The summed E-state index contributed by atoms with van der Waals surface area (Å²) in [6.07, 6.45) is 3.65. The summed E-state index contributed by atoms with van der Waals surface area (Å²) in [5, 5.41) is 0. The third kappa shape index (κ3) is 4.78. The topological polar surface area (TPSA) is 25.2 Å². The molecule has 0 unspecified atom stereocenters. The summed E-state index contributed by atoms with van der Waals surface area (Å²) >= 11 is 6.45. The molecule has 0 atom stereocenters. The maximum Gasteiger partial charge on any atom is 0.159 e. The first-order valence-corrected chi connectivity index (χ1v) is 6.18. The van der Waals surface area contributed by atoms with Gasteiger partial charge in [-0.05, 0) is 48.6 Å². The van der Waals surface area contributed by atoms with Crippen LogP contribution in [0.15, 0.2) is 14.5 Å². The Hall–Kier alpha value is 0.130. The Morgan fingerprint density at radius 1 is 1.62 bits per heavy atom. The third-order valence-corrected chi connectivity index (χ3v) is 3.17. The molecule has 0 fully saturated rings. The quantitative estimate of drug-likeness (QED) is 0.608. The highest BCUT2D eigenvalue weighted by molar-refractivity contribution is 9.11. The van der Waals surface area contributed by atoms with Crippen molar-refractivity contribution in [1.82, 2.24) is 4.98 Å². The average Bonchev–Trinajstić information content (AvgIpc) is 2.33. The van der Waals surface area contributed by atoms with Gasteiger partial charge < -0.3 is 0 Å². The van der Waals surface area contributed by atoms with Crippen LogP contribution in [0, 0.1) is 0 Å². The van der Waals surface area contributed by atoms with Gasteiger partial charge >= 0.3 is 0 Å². The van der Waals surface area contributed by atoms with Crippen LogP contribution in [0.3, 0.4) is 0 Å². The van der Waals surface area contributed by atoms with E-state index in [-0.39, 0.29) is 4.75 Å². The highest BCUT2D eigenvalue weighted by atomic mass is 79.9. The Labute approximate surface area is 95.1 Å². The Morgan fingerprint density at radius 2 is 2.31 bits per heavy atom. The normalized spacial score (nSPS) is 12.6. The van der Waals surface area contributed by atoms with E-state index in [1.807, 2.05) is 12.4 Å². The van der Waals surface area contributed by atoms with Crippen molar-refractivity contribution in [3.63, 3.8) is 0 Å². The smallest absolute Gasteiger partial charge is 0.159 e. The molecule has 0 radical (unpaired) electrons. The van der Waals surface area contributed by atoms with Crippen LogP contribution in [0.25, 0.3) is 0 Å². The number of aromatic nitrogens is 1. The summed E-state index contributed by atoms with van der Waals surface area (Å²) in [6.45, 7) is 6.41. The second-order valence-electron chi connectivity index (χ2n) is 3.45. The van der Waals surface area contributed by atoms with Crippen LogP contribution in [-0.4, -0.2) is 15.9 Å². The summed E-state index contributed by atoms with van der Waals surface area (Å²) in [5.74, 6) is 0. The fourth-order valence-corrected chi connectivity index (χ4v) is 2.28. The van der Waals surface area contributed by atoms with Crippen LogP contribution in [0.5, 0.6) is 0 Å². The van der Waals surface area contributed by atoms with Gasteiger partial charge in [-0.25, -0.2) is 9.38 Å². The maximum atomic E-state index is 4.27. The first kappa shape index (κ1) is 11.2. The predicted molar refractivity (Wildman–Crippen MR) is 64.8 cm³/mol. The van der Waals surface area contributed by atoms with Crippen LogP contribution in [0.1, 0.15) is 25.6 Å². The van der Waals surface area contributed by atoms with Gasteiger partial charge in [0.1, 0.15) is 0 Å². The van der Waals surface area contributed by atoms with Crippen molar-refractivity contribution < 1.29 is 0 Å². The predicted octanol–water partition coefficient (Wildman–Crippen LogP) is 3.77. The number of hydrogen-bond donors (Lipinski definition) is 0. The van der Waals surface area contributed by atoms with Crippen LogP contribution >= 0.6 is 39.2 Å². The first-order valence-electron chi connectivity index (χ1n) is 3.80. The molecule has 72 valence electrons. The Kier molecular flexibility index (Phi) is 3.94. The summed E-state index contributed by atoms with van der Waals surface area (Å²) < 4.78 is 5.34. The fraction of sp³-hybridized carbons (Fsp3) is 0.500. The molecule has 0 aliphatic rings. The number of thiazole rings is 1. The lowest BCUT2D eigenvalue weighted by Crippen LogP contribution is -2.04. The van der Waals surface area contributed by atoms with Crippen LogP contribution in [0.4, 0.5) is 0 Å². The van der Waals surface area contributed by atoms with Gasteiger partial charge in [-0.3, -0.25) is 0 Å². The summed E-state index contributed by atoms with van der Waals surface area (Å²) in [4.78, 5) is 5.14. The lowest BCUT2D eigenvalue weighted by molar-refractivity contribution is 0.804. The molecule has 1 aromatic rings. The van der Waals surface area contributed by atoms with Crippen LogP contribution in [0.2, 0.25) is 0 Å². The zero-order valence-corrected chi connectivity index (χ0v) is 11.0. The number of hydrogen-bond acceptors (Lipinski definition) is 4. The molecular formula is C8H11BrN2S2. The van der Waals surface area contributed by atoms with E-state index < -0.39 is 0 Å². The van der Waals surface area contributed by atoms with Crippen molar-refractivity contribution >= 4 is 45.4 Å². The monoisotopic (exact) mass is 278 g/mol. The lowest BCUT2D eigenvalue weighted by atomic mass is 10.3. The van der Waals surface area contributed by atoms with Crippen molar-refractivity contribution in [2.75, 3.05) is 0 Å². The third-order valence-electron chi connectivity index (χ3n) is 1.00. The standard InChI is InChI=1S/C8H11BrN2S2/c1-8(2,3)13-11-5-6-4-10-7(9)12-6/h4-5H,1-3H3/b11-5+. The molecule has 0 N–H and O–H groups in total. The van der Waals surface area contributed by atoms with Crippen molar-refractivity contribution in [2.45, 2.75) is 25.5 Å². The number of nitrogens with zero attached hydrogens (tertiary/aromatic N) is 2. The second-order valence-corrected chi connectivity index (χ2v) is 7.41. The molecule has 1 rings (SSSR count). The molecule has 13 heavy (non-hydrogen) atoms. The van der Waals surface area contributed by atoms with E-state index in [0.717, 1.165) is 8.79 Å². The van der Waals surface area contributed by atoms with Gasteiger partial charge in [0.2, 0.25) is 0 Å². The second kappa shape index (κ2) is 4.57. The highest BCUT2D eigenvalue weighted by Crippen LogP contribution is 2.24. The molecular weight excluding hydrogens is 268 g/mol. The number of halogens is 1. The van der Waals surface area contributed by atoms with Gasteiger partial charge in [0, 0.05) is 10.9 Å². The number of rotatable bonds is 2. The molecule has 2 nitrogen and oxygen atoms in total. The molecule has 0 bridgehead atoms. The van der Waals surface area contributed by atoms with Crippen LogP contribution in [-0.2, 0) is 0 Å². The SMILES string of the molecule is CC(C)(C)S/N=C/c1cnc(Br)s1. The summed E-state index contributed by atoms with van der Waals surface area (Å²) in [7, 11) is 0. The zero-order valence-electron chi connectivity index (χ0n) is 7.74. The van der Waals surface area contributed by atoms with E-state index in [9.17, 15) is 0 Å². The van der Waals surface area contributed by atoms with Gasteiger partial charge in [-0.1, -0.05) is 0 Å². The molecule has 0 saturated heterocycles. The average molecular weight is 279 g/mol. The largest absolute Gasteiger partial charge is 0.237 e. The minimum Gasteiger partial charge on any atom is -0.237 e. The van der Waals surface area contributed by atoms with E-state index in [2.05, 4.69) is 46.1 Å². The maximum absolute atomic E-state index is 4.27. The van der Waals surface area contributed by atoms with Gasteiger partial charge in [0.25, 0.3) is 0 Å². The molecule has 5 heteroatoms. The molecule has 1 aromatic heterocycles. The highest BCUT2D eigenvalue weighted by Gasteiger charge is 2.08. The van der Waals surface area contributed by atoms with E-state index in [1.54, 1.807) is 23.3 Å². The minimum absolute atomic E-state index is 0.179. The Morgan fingerprint density at radius 3 is 2.77 bits per heavy atom. The van der Waals surface area contributed by atoms with E-state index in [4.69, 9.17) is 0 Å². The van der Waals surface area contributed by atoms with Crippen molar-refractivity contribution in [3.8, 4) is 0 Å². The fourth-order valence-electron chi connectivity index (χ4n) is 0.560. The van der Waals surface area contributed by atoms with Crippen LogP contribution < -0.4 is 0 Å². The van der Waals surface area contributed by atoms with E-state index in [1.165, 1.54) is 0 Å². The molecule has 0 aromatic carbocycles. The Balaban J connectivity index is 2.50. The van der Waals surface area contributed by atoms with Crippen molar-refractivity contribution in [3.05, 3.63) is 15.0 Å². The van der Waals surface area contributed by atoms with Gasteiger partial charge in [-0.15, -0.1) is 11.3 Å². The van der Waals surface area contributed by atoms with Gasteiger partial charge in [-0.2, -0.15) is 0 Å². The molecule has 0 saturated carbocycles. The summed E-state index contributed by atoms with van der Waals surface area (Å²) in [5.41, 5.74) is 0. The van der Waals surface area contributed by atoms with Gasteiger partial charge in [0.15, 0.2) is 3.92 Å². The first-order chi connectivity index (χ1) is 5.97. The lowest BCUT2D eigenvalue weighted by Gasteiger charge is -2.11. The van der Waals surface area contributed by atoms with E-state index >= 15 is 0 Å². The minimum atomic E-state index is 0.179. The van der Waals surface area contributed by atoms with Gasteiger partial charge in [0.05, 0.1) is 11.1 Å². The Bertz CT molecular complexity index is 301. The van der Waals surface area contributed by atoms with Crippen molar-refractivity contribution in [1.29, 1.82) is 0 Å². The van der Waals surface area contributed by atoms with Crippen molar-refractivity contribution in [2.24, 2.45) is 4.40 Å².